The molecular formula is C12H24BrNO2. The molecule has 3 nitrogen and oxygen atoms in total. The molecule has 0 aliphatic carbocycles. The molecule has 0 amide bonds. The van der Waals surface area contributed by atoms with E-state index in [-0.39, 0.29) is 10.8 Å². The average molecular weight is 294 g/mol. The summed E-state index contributed by atoms with van der Waals surface area (Å²) in [5.41, 5.74) is 0. The molecule has 0 aromatic rings. The number of hydrogen-bond acceptors (Lipinski definition) is 3. The molecule has 4 heteroatoms. The van der Waals surface area contributed by atoms with Crippen LogP contribution in [0, 0.1) is 0 Å². The molecule has 0 radical (unpaired) electrons. The van der Waals surface area contributed by atoms with Crippen molar-refractivity contribution in [1.82, 2.24) is 5.32 Å². The van der Waals surface area contributed by atoms with Gasteiger partial charge in [0.2, 0.25) is 0 Å². The minimum atomic E-state index is -0.238. The predicted octanol–water partition coefficient (Wildman–Crippen LogP) is 2.87. The third-order valence-corrected chi connectivity index (χ3v) is 3.28. The van der Waals surface area contributed by atoms with Crippen molar-refractivity contribution in [3.8, 4) is 0 Å². The third kappa shape index (κ3) is 7.23. The molecule has 0 heterocycles. The summed E-state index contributed by atoms with van der Waals surface area (Å²) >= 11 is 3.31. The molecule has 0 rings (SSSR count). The molecule has 2 unspecified atom stereocenters. The Bertz CT molecular complexity index is 188. The van der Waals surface area contributed by atoms with Crippen LogP contribution in [0.25, 0.3) is 0 Å². The Hall–Kier alpha value is -0.0900. The number of unbranched alkanes of at least 4 members (excludes halogenated alkanes) is 1. The lowest BCUT2D eigenvalue weighted by atomic mass is 10.1. The van der Waals surface area contributed by atoms with Gasteiger partial charge in [-0.3, -0.25) is 4.79 Å². The fraction of sp³-hybridized carbons (Fsp3) is 0.917. The molecule has 0 spiro atoms. The van der Waals surface area contributed by atoms with E-state index in [9.17, 15) is 4.79 Å². The number of nitrogens with one attached hydrogen (secondary N) is 1. The van der Waals surface area contributed by atoms with Crippen molar-refractivity contribution < 1.29 is 9.53 Å². The van der Waals surface area contributed by atoms with Crippen LogP contribution in [0.2, 0.25) is 0 Å². The number of halogens is 1. The number of hydrogen-bond donors (Lipinski definition) is 1. The zero-order valence-corrected chi connectivity index (χ0v) is 12.2. The second-order valence-electron chi connectivity index (χ2n) is 4.03. The van der Waals surface area contributed by atoms with E-state index in [4.69, 9.17) is 0 Å². The van der Waals surface area contributed by atoms with Crippen molar-refractivity contribution in [1.29, 1.82) is 0 Å². The lowest BCUT2D eigenvalue weighted by Crippen LogP contribution is -2.36. The predicted molar refractivity (Wildman–Crippen MR) is 71.0 cm³/mol. The summed E-state index contributed by atoms with van der Waals surface area (Å²) in [5.74, 6) is -0.210. The minimum Gasteiger partial charge on any atom is -0.468 e. The number of carbonyl (C=O) groups is 1. The number of rotatable bonds is 9. The van der Waals surface area contributed by atoms with Crippen LogP contribution in [0.3, 0.4) is 0 Å². The van der Waals surface area contributed by atoms with E-state index in [1.807, 2.05) is 0 Å². The molecule has 0 aliphatic rings. The normalized spacial score (nSPS) is 14.5. The van der Waals surface area contributed by atoms with Crippen molar-refractivity contribution in [2.75, 3.05) is 13.7 Å². The lowest BCUT2D eigenvalue weighted by Gasteiger charge is -2.19. The Balaban J connectivity index is 3.85. The Morgan fingerprint density at radius 1 is 1.31 bits per heavy atom. The highest BCUT2D eigenvalue weighted by Crippen LogP contribution is 2.08. The van der Waals surface area contributed by atoms with E-state index in [1.165, 1.54) is 39.2 Å². The minimum absolute atomic E-state index is 0.210. The molecular weight excluding hydrogens is 270 g/mol. The van der Waals surface area contributed by atoms with Crippen LogP contribution in [-0.2, 0) is 9.53 Å². The van der Waals surface area contributed by atoms with Crippen molar-refractivity contribution in [3.05, 3.63) is 0 Å². The summed E-state index contributed by atoms with van der Waals surface area (Å²) in [6.07, 6.45) is 5.98. The maximum absolute atomic E-state index is 11.2. The number of esters is 1. The van der Waals surface area contributed by atoms with E-state index in [0.29, 0.717) is 12.6 Å². The van der Waals surface area contributed by atoms with Crippen LogP contribution in [0.1, 0.15) is 46.0 Å². The van der Waals surface area contributed by atoms with Gasteiger partial charge in [0.05, 0.1) is 7.11 Å². The van der Waals surface area contributed by atoms with Gasteiger partial charge in [-0.25, -0.2) is 0 Å². The largest absolute Gasteiger partial charge is 0.468 e. The van der Waals surface area contributed by atoms with Crippen LogP contribution in [0.5, 0.6) is 0 Å². The number of ether oxygens (including phenoxy) is 1. The fourth-order valence-electron chi connectivity index (χ4n) is 1.63. The summed E-state index contributed by atoms with van der Waals surface area (Å²) in [6.45, 7) is 5.03. The van der Waals surface area contributed by atoms with E-state index in [0.717, 1.165) is 0 Å². The maximum atomic E-state index is 11.2. The van der Waals surface area contributed by atoms with Gasteiger partial charge >= 0.3 is 5.97 Å². The first-order valence-corrected chi connectivity index (χ1v) is 7.02. The van der Waals surface area contributed by atoms with E-state index >= 15 is 0 Å². The molecule has 2 atom stereocenters. The van der Waals surface area contributed by atoms with E-state index in [1.54, 1.807) is 0 Å². The molecule has 0 aromatic carbocycles. The van der Waals surface area contributed by atoms with Crippen molar-refractivity contribution in [3.63, 3.8) is 0 Å². The van der Waals surface area contributed by atoms with Gasteiger partial charge in [0.25, 0.3) is 0 Å². The molecule has 0 bridgehead atoms. The fourth-order valence-corrected chi connectivity index (χ4v) is 2.00. The zero-order chi connectivity index (χ0) is 12.4. The van der Waals surface area contributed by atoms with Crippen molar-refractivity contribution in [2.24, 2.45) is 0 Å². The van der Waals surface area contributed by atoms with E-state index < -0.39 is 0 Å². The SMILES string of the molecule is CCCCC(CCC)NCC(Br)C(=O)OC. The average Bonchev–Trinajstić information content (AvgIpc) is 2.31. The van der Waals surface area contributed by atoms with Crippen LogP contribution in [0.15, 0.2) is 0 Å². The van der Waals surface area contributed by atoms with Crippen LogP contribution in [-0.4, -0.2) is 30.5 Å². The van der Waals surface area contributed by atoms with Crippen LogP contribution in [0.4, 0.5) is 0 Å². The zero-order valence-electron chi connectivity index (χ0n) is 10.6. The summed E-state index contributed by atoms with van der Waals surface area (Å²) in [7, 11) is 1.41. The van der Waals surface area contributed by atoms with Gasteiger partial charge in [0, 0.05) is 12.6 Å². The molecule has 0 fully saturated rings. The smallest absolute Gasteiger partial charge is 0.320 e. The van der Waals surface area contributed by atoms with Gasteiger partial charge in [-0.05, 0) is 12.8 Å². The Labute approximate surface area is 107 Å². The number of alkyl halides is 1. The summed E-state index contributed by atoms with van der Waals surface area (Å²) in [6, 6.07) is 0.523. The Morgan fingerprint density at radius 2 is 2.00 bits per heavy atom. The summed E-state index contributed by atoms with van der Waals surface area (Å²) in [5, 5.41) is 3.42. The van der Waals surface area contributed by atoms with Crippen LogP contribution < -0.4 is 5.32 Å². The third-order valence-electron chi connectivity index (χ3n) is 2.59. The molecule has 0 aromatic heterocycles. The van der Waals surface area contributed by atoms with Crippen LogP contribution >= 0.6 is 15.9 Å². The van der Waals surface area contributed by atoms with E-state index in [2.05, 4.69) is 39.8 Å². The monoisotopic (exact) mass is 293 g/mol. The van der Waals surface area contributed by atoms with Gasteiger partial charge in [0.15, 0.2) is 0 Å². The van der Waals surface area contributed by atoms with Gasteiger partial charge in [-0.1, -0.05) is 49.0 Å². The molecule has 1 N–H and O–H groups in total. The standard InChI is InChI=1S/C12H24BrNO2/c1-4-6-8-10(7-5-2)14-9-11(13)12(15)16-3/h10-11,14H,4-9H2,1-3H3. The Morgan fingerprint density at radius 3 is 2.50 bits per heavy atom. The van der Waals surface area contributed by atoms with Gasteiger partial charge in [-0.2, -0.15) is 0 Å². The van der Waals surface area contributed by atoms with Crippen molar-refractivity contribution in [2.45, 2.75) is 56.8 Å². The molecule has 16 heavy (non-hydrogen) atoms. The topological polar surface area (TPSA) is 38.3 Å². The highest BCUT2D eigenvalue weighted by atomic mass is 79.9. The first-order chi connectivity index (χ1) is 7.65. The second-order valence-corrected chi connectivity index (χ2v) is 5.13. The molecule has 96 valence electrons. The first-order valence-electron chi connectivity index (χ1n) is 6.10. The molecule has 0 saturated carbocycles. The molecule has 0 aliphatic heterocycles. The summed E-state index contributed by atoms with van der Waals surface area (Å²) < 4.78 is 4.66. The highest BCUT2D eigenvalue weighted by molar-refractivity contribution is 9.10. The highest BCUT2D eigenvalue weighted by Gasteiger charge is 2.16. The number of methoxy groups -OCH3 is 1. The second kappa shape index (κ2) is 10.1. The van der Waals surface area contributed by atoms with Gasteiger partial charge in [0.1, 0.15) is 4.83 Å². The summed E-state index contributed by atoms with van der Waals surface area (Å²) in [4.78, 5) is 10.9. The quantitative estimate of drug-likeness (QED) is 0.525. The molecule has 0 saturated heterocycles. The van der Waals surface area contributed by atoms with Gasteiger partial charge < -0.3 is 10.1 Å². The Kier molecular flexibility index (Phi) is 10.0. The lowest BCUT2D eigenvalue weighted by molar-refractivity contribution is -0.139. The van der Waals surface area contributed by atoms with Crippen molar-refractivity contribution >= 4 is 21.9 Å². The van der Waals surface area contributed by atoms with Gasteiger partial charge in [-0.15, -0.1) is 0 Å². The number of carbonyl (C=O) groups excluding carboxylic acids is 1. The first kappa shape index (κ1) is 15.9. The maximum Gasteiger partial charge on any atom is 0.320 e.